The molecule has 0 spiro atoms. The minimum absolute atomic E-state index is 0. The molecule has 0 saturated heterocycles. The summed E-state index contributed by atoms with van der Waals surface area (Å²) in [5.41, 5.74) is 3.96. The Bertz CT molecular complexity index is 981. The van der Waals surface area contributed by atoms with Crippen molar-refractivity contribution in [1.82, 2.24) is 30.0 Å². The van der Waals surface area contributed by atoms with Gasteiger partial charge in [0.1, 0.15) is 5.82 Å². The molecule has 0 aliphatic rings. The van der Waals surface area contributed by atoms with Crippen LogP contribution in [0.2, 0.25) is 0 Å². The number of aryl methyl sites for hydroxylation is 2. The Morgan fingerprint density at radius 1 is 1.20 bits per heavy atom. The fourth-order valence-electron chi connectivity index (χ4n) is 3.05. The van der Waals surface area contributed by atoms with Gasteiger partial charge in [0.25, 0.3) is 0 Å². The van der Waals surface area contributed by atoms with Crippen LogP contribution in [-0.2, 0) is 13.1 Å². The molecule has 2 N–H and O–H groups in total. The van der Waals surface area contributed by atoms with Gasteiger partial charge < -0.3 is 10.6 Å². The number of nitrogens with zero attached hydrogens (tertiary/aromatic N) is 5. The van der Waals surface area contributed by atoms with Crippen molar-refractivity contribution in [2.24, 2.45) is 4.99 Å². The van der Waals surface area contributed by atoms with Crippen LogP contribution in [0.5, 0.6) is 0 Å². The number of nitrogens with one attached hydrogen (secondary N) is 2. The topological polar surface area (TPSA) is 72.1 Å². The number of para-hydroxylation sites is 1. The molecule has 0 radical (unpaired) electrons. The number of hydrogen-bond donors (Lipinski definition) is 2. The minimum atomic E-state index is -2.62. The van der Waals surface area contributed by atoms with Crippen molar-refractivity contribution in [1.29, 1.82) is 0 Å². The Hall–Kier alpha value is -2.50. The third-order valence-electron chi connectivity index (χ3n) is 4.35. The Morgan fingerprint density at radius 3 is 2.63 bits per heavy atom. The van der Waals surface area contributed by atoms with Gasteiger partial charge in [-0.15, -0.1) is 24.0 Å². The molecule has 3 aromatic rings. The van der Waals surface area contributed by atoms with E-state index >= 15 is 0 Å². The molecule has 0 atom stereocenters. The van der Waals surface area contributed by atoms with Gasteiger partial charge in [-0.25, -0.2) is 14.7 Å². The number of aromatic nitrogens is 4. The maximum atomic E-state index is 13.0. The number of benzene rings is 1. The smallest absolute Gasteiger partial charge is 0.319 e. The van der Waals surface area contributed by atoms with Crippen LogP contribution in [-0.4, -0.2) is 31.8 Å². The average molecular weight is 529 g/mol. The first kappa shape index (κ1) is 23.8. The second kappa shape index (κ2) is 11.0. The highest BCUT2D eigenvalue weighted by Crippen LogP contribution is 2.18. The number of aliphatic imine (C=N–C) groups is 1. The maximum absolute atomic E-state index is 13.0. The molecular formula is C20H26F2IN7. The summed E-state index contributed by atoms with van der Waals surface area (Å²) in [5.74, 6) is 0.771. The lowest BCUT2D eigenvalue weighted by molar-refractivity contribution is 0.0668. The highest BCUT2D eigenvalue weighted by molar-refractivity contribution is 14.0. The summed E-state index contributed by atoms with van der Waals surface area (Å²) in [6.07, 6.45) is 2.62. The molecule has 0 saturated carbocycles. The molecule has 1 aromatic carbocycles. The molecule has 7 nitrogen and oxygen atoms in total. The molecule has 2 heterocycles. The van der Waals surface area contributed by atoms with E-state index in [0.29, 0.717) is 19.0 Å². The number of halogens is 3. The van der Waals surface area contributed by atoms with E-state index in [0.717, 1.165) is 27.2 Å². The summed E-state index contributed by atoms with van der Waals surface area (Å²) in [7, 11) is 0. The summed E-state index contributed by atoms with van der Waals surface area (Å²) in [5, 5.41) is 10.7. The standard InChI is InChI=1S/C20H25F2N7.HI/c1-4-23-20(26-13-18-24-9-10-28(18)19(21)22)25-12-16-7-5-6-8-17(16)29-15(3)11-14(2)27-29;/h5-11,19H,4,12-13H2,1-3H3,(H2,23,25,26);1H. The van der Waals surface area contributed by atoms with Gasteiger partial charge >= 0.3 is 6.55 Å². The lowest BCUT2D eigenvalue weighted by Crippen LogP contribution is -2.37. The van der Waals surface area contributed by atoms with Gasteiger partial charge in [0, 0.05) is 24.6 Å². The first-order valence-corrected chi connectivity index (χ1v) is 9.43. The van der Waals surface area contributed by atoms with Crippen LogP contribution in [0.1, 0.15) is 36.2 Å². The van der Waals surface area contributed by atoms with Crippen LogP contribution >= 0.6 is 24.0 Å². The Balaban J connectivity index is 0.00000320. The molecule has 0 amide bonds. The Kier molecular flexibility index (Phi) is 8.75. The molecule has 0 aliphatic carbocycles. The number of guanidine groups is 1. The number of imidazole rings is 1. The second-order valence-corrected chi connectivity index (χ2v) is 6.54. The normalized spacial score (nSPS) is 11.5. The molecule has 0 fully saturated rings. The first-order chi connectivity index (χ1) is 14.0. The van der Waals surface area contributed by atoms with Crippen molar-refractivity contribution >= 4 is 29.9 Å². The Morgan fingerprint density at radius 2 is 1.97 bits per heavy atom. The lowest BCUT2D eigenvalue weighted by Gasteiger charge is -2.13. The molecule has 3 rings (SSSR count). The number of hydrogen-bond acceptors (Lipinski definition) is 3. The van der Waals surface area contributed by atoms with Gasteiger partial charge in [-0.2, -0.15) is 13.9 Å². The third-order valence-corrected chi connectivity index (χ3v) is 4.35. The first-order valence-electron chi connectivity index (χ1n) is 9.43. The monoisotopic (exact) mass is 529 g/mol. The van der Waals surface area contributed by atoms with Crippen LogP contribution in [0.4, 0.5) is 8.78 Å². The van der Waals surface area contributed by atoms with Crippen LogP contribution in [0.15, 0.2) is 47.7 Å². The largest absolute Gasteiger partial charge is 0.357 e. The molecular weight excluding hydrogens is 503 g/mol. The fourth-order valence-corrected chi connectivity index (χ4v) is 3.05. The average Bonchev–Trinajstić information content (AvgIpc) is 3.30. The van der Waals surface area contributed by atoms with E-state index in [1.807, 2.05) is 55.8 Å². The van der Waals surface area contributed by atoms with Crippen molar-refractivity contribution in [2.75, 3.05) is 6.54 Å². The molecule has 0 bridgehead atoms. The van der Waals surface area contributed by atoms with E-state index in [-0.39, 0.29) is 36.3 Å². The highest BCUT2D eigenvalue weighted by Gasteiger charge is 2.12. The zero-order valence-corrected chi connectivity index (χ0v) is 19.5. The van der Waals surface area contributed by atoms with Gasteiger partial charge in [-0.05, 0) is 38.5 Å². The fraction of sp³-hybridized carbons (Fsp3) is 0.350. The molecule has 10 heteroatoms. The highest BCUT2D eigenvalue weighted by atomic mass is 127. The van der Waals surface area contributed by atoms with Crippen molar-refractivity contribution in [2.45, 2.75) is 40.4 Å². The SMILES string of the molecule is CCNC(=NCc1ccccc1-n1nc(C)cc1C)NCc1nccn1C(F)F.I. The minimum Gasteiger partial charge on any atom is -0.357 e. The zero-order valence-electron chi connectivity index (χ0n) is 17.1. The van der Waals surface area contributed by atoms with E-state index in [9.17, 15) is 8.78 Å². The van der Waals surface area contributed by atoms with Crippen molar-refractivity contribution in [3.8, 4) is 5.69 Å². The summed E-state index contributed by atoms with van der Waals surface area (Å²) < 4.78 is 28.7. The predicted octanol–water partition coefficient (Wildman–Crippen LogP) is 3.95. The van der Waals surface area contributed by atoms with Gasteiger partial charge in [0.2, 0.25) is 0 Å². The van der Waals surface area contributed by atoms with Gasteiger partial charge in [0.05, 0.1) is 24.5 Å². The lowest BCUT2D eigenvalue weighted by atomic mass is 10.2. The Labute approximate surface area is 191 Å². The molecule has 30 heavy (non-hydrogen) atoms. The molecule has 0 unspecified atom stereocenters. The van der Waals surface area contributed by atoms with Gasteiger partial charge in [-0.1, -0.05) is 18.2 Å². The second-order valence-electron chi connectivity index (χ2n) is 6.54. The van der Waals surface area contributed by atoms with Crippen LogP contribution in [0, 0.1) is 13.8 Å². The third kappa shape index (κ3) is 5.77. The van der Waals surface area contributed by atoms with Crippen LogP contribution in [0.25, 0.3) is 5.69 Å². The van der Waals surface area contributed by atoms with E-state index < -0.39 is 6.55 Å². The van der Waals surface area contributed by atoms with E-state index in [1.165, 1.54) is 12.4 Å². The summed E-state index contributed by atoms with van der Waals surface area (Å²) in [6, 6.07) is 9.95. The van der Waals surface area contributed by atoms with Crippen molar-refractivity contribution < 1.29 is 8.78 Å². The molecule has 162 valence electrons. The van der Waals surface area contributed by atoms with E-state index in [2.05, 4.69) is 25.7 Å². The zero-order chi connectivity index (χ0) is 20.8. The van der Waals surface area contributed by atoms with Crippen molar-refractivity contribution in [3.05, 3.63) is 65.5 Å². The molecule has 0 aliphatic heterocycles. The van der Waals surface area contributed by atoms with E-state index in [1.54, 1.807) is 0 Å². The predicted molar refractivity (Wildman–Crippen MR) is 124 cm³/mol. The van der Waals surface area contributed by atoms with E-state index in [4.69, 9.17) is 0 Å². The quantitative estimate of drug-likeness (QED) is 0.276. The van der Waals surface area contributed by atoms with Crippen molar-refractivity contribution in [3.63, 3.8) is 0 Å². The maximum Gasteiger partial charge on any atom is 0.319 e. The summed E-state index contributed by atoms with van der Waals surface area (Å²) >= 11 is 0. The number of alkyl halides is 2. The number of rotatable bonds is 7. The summed E-state index contributed by atoms with van der Waals surface area (Å²) in [4.78, 5) is 8.59. The van der Waals surface area contributed by atoms with Crippen LogP contribution < -0.4 is 10.6 Å². The van der Waals surface area contributed by atoms with Gasteiger partial charge in [-0.3, -0.25) is 4.57 Å². The molecule has 2 aromatic heterocycles. The van der Waals surface area contributed by atoms with Gasteiger partial charge in [0.15, 0.2) is 5.96 Å². The summed E-state index contributed by atoms with van der Waals surface area (Å²) in [6.45, 7) is 4.49. The van der Waals surface area contributed by atoms with Crippen LogP contribution in [0.3, 0.4) is 0 Å².